The summed E-state index contributed by atoms with van der Waals surface area (Å²) >= 11 is 0. The molecule has 2 aliphatic rings. The van der Waals surface area contributed by atoms with Gasteiger partial charge in [0.25, 0.3) is 0 Å². The molecule has 0 bridgehead atoms. The number of likely N-dealkylation sites (tertiary alicyclic amines) is 1. The number of carbonyl (C=O) groups excluding carboxylic acids is 1. The van der Waals surface area contributed by atoms with Crippen molar-refractivity contribution in [2.75, 3.05) is 33.4 Å². The standard InChI is InChI=1S/C22H34N4O4.HI/c1-5-23-21(25-18-7-9-26(10-8-18)22(27)29-6-2)24-14-17-13-20-16(11-15(3)30-20)12-19(17)28-4;/h12-13,15,18H,5-11,14H2,1-4H3,(H2,23,24,25);1H. The van der Waals surface area contributed by atoms with Crippen LogP contribution < -0.4 is 20.1 Å². The van der Waals surface area contributed by atoms with Crippen LogP contribution in [-0.2, 0) is 17.7 Å². The van der Waals surface area contributed by atoms with Gasteiger partial charge in [-0.3, -0.25) is 0 Å². The van der Waals surface area contributed by atoms with Crippen LogP contribution in [-0.4, -0.2) is 62.4 Å². The maximum atomic E-state index is 11.9. The van der Waals surface area contributed by atoms with E-state index in [0.29, 0.717) is 26.2 Å². The monoisotopic (exact) mass is 546 g/mol. The summed E-state index contributed by atoms with van der Waals surface area (Å²) in [6, 6.07) is 4.37. The number of methoxy groups -OCH3 is 1. The molecule has 2 aliphatic heterocycles. The SMILES string of the molecule is CCNC(=NCc1cc2c(cc1OC)CC(C)O2)NC1CCN(C(=O)OCC)CC1.I. The van der Waals surface area contributed by atoms with E-state index in [1.165, 1.54) is 5.56 Å². The van der Waals surface area contributed by atoms with Crippen molar-refractivity contribution >= 4 is 36.0 Å². The van der Waals surface area contributed by atoms with Gasteiger partial charge in [-0.15, -0.1) is 24.0 Å². The van der Waals surface area contributed by atoms with Gasteiger partial charge in [-0.05, 0) is 45.7 Å². The van der Waals surface area contributed by atoms with E-state index in [1.807, 2.05) is 19.9 Å². The summed E-state index contributed by atoms with van der Waals surface area (Å²) < 4.78 is 16.6. The van der Waals surface area contributed by atoms with E-state index < -0.39 is 0 Å². The fourth-order valence-corrected chi connectivity index (χ4v) is 3.89. The molecule has 9 heteroatoms. The van der Waals surface area contributed by atoms with E-state index >= 15 is 0 Å². The third-order valence-corrected chi connectivity index (χ3v) is 5.41. The van der Waals surface area contributed by atoms with E-state index in [1.54, 1.807) is 12.0 Å². The molecule has 0 aromatic heterocycles. The van der Waals surface area contributed by atoms with Crippen LogP contribution >= 0.6 is 24.0 Å². The molecule has 2 heterocycles. The number of hydrogen-bond acceptors (Lipinski definition) is 5. The van der Waals surface area contributed by atoms with Crippen molar-refractivity contribution in [3.8, 4) is 11.5 Å². The average molecular weight is 546 g/mol. The number of fused-ring (bicyclic) bond motifs is 1. The Bertz CT molecular complexity index is 766. The molecule has 0 aliphatic carbocycles. The smallest absolute Gasteiger partial charge is 0.409 e. The van der Waals surface area contributed by atoms with Gasteiger partial charge in [0, 0.05) is 43.2 Å². The van der Waals surface area contributed by atoms with Crippen LogP contribution in [0.4, 0.5) is 4.79 Å². The molecule has 1 amide bonds. The summed E-state index contributed by atoms with van der Waals surface area (Å²) in [4.78, 5) is 18.4. The highest BCUT2D eigenvalue weighted by atomic mass is 127. The highest BCUT2D eigenvalue weighted by molar-refractivity contribution is 14.0. The van der Waals surface area contributed by atoms with Crippen molar-refractivity contribution in [2.24, 2.45) is 4.99 Å². The Hall–Kier alpha value is -1.91. The number of guanidine groups is 1. The van der Waals surface area contributed by atoms with Crippen molar-refractivity contribution in [1.29, 1.82) is 0 Å². The molecule has 1 saturated heterocycles. The Morgan fingerprint density at radius 1 is 1.29 bits per heavy atom. The van der Waals surface area contributed by atoms with Gasteiger partial charge in [0.15, 0.2) is 5.96 Å². The number of nitrogens with one attached hydrogen (secondary N) is 2. The van der Waals surface area contributed by atoms with Gasteiger partial charge in [0.05, 0.1) is 20.3 Å². The van der Waals surface area contributed by atoms with Crippen LogP contribution in [0.25, 0.3) is 0 Å². The predicted octanol–water partition coefficient (Wildman–Crippen LogP) is 3.31. The molecule has 1 fully saturated rings. The van der Waals surface area contributed by atoms with Crippen molar-refractivity contribution in [2.45, 2.75) is 58.7 Å². The lowest BCUT2D eigenvalue weighted by Gasteiger charge is -2.32. The second kappa shape index (κ2) is 12.2. The van der Waals surface area contributed by atoms with Crippen LogP contribution in [0.2, 0.25) is 0 Å². The highest BCUT2D eigenvalue weighted by Crippen LogP contribution is 2.35. The zero-order valence-corrected chi connectivity index (χ0v) is 21.2. The number of rotatable bonds is 6. The average Bonchev–Trinajstić information content (AvgIpc) is 3.10. The molecule has 1 atom stereocenters. The normalized spacial score (nSPS) is 18.5. The van der Waals surface area contributed by atoms with Gasteiger partial charge in [0.1, 0.15) is 17.6 Å². The van der Waals surface area contributed by atoms with Gasteiger partial charge >= 0.3 is 6.09 Å². The van der Waals surface area contributed by atoms with E-state index in [4.69, 9.17) is 19.2 Å². The number of piperidine rings is 1. The molecular formula is C22H35IN4O4. The number of ether oxygens (including phenoxy) is 3. The van der Waals surface area contributed by atoms with E-state index in [2.05, 4.69) is 23.6 Å². The first-order valence-electron chi connectivity index (χ1n) is 10.9. The van der Waals surface area contributed by atoms with Gasteiger partial charge in [-0.2, -0.15) is 0 Å². The second-order valence-corrected chi connectivity index (χ2v) is 7.70. The van der Waals surface area contributed by atoms with Crippen molar-refractivity contribution < 1.29 is 19.0 Å². The lowest BCUT2D eigenvalue weighted by atomic mass is 10.1. The van der Waals surface area contributed by atoms with Gasteiger partial charge in [-0.25, -0.2) is 9.79 Å². The summed E-state index contributed by atoms with van der Waals surface area (Å²) in [5.74, 6) is 2.54. The number of amides is 1. The van der Waals surface area contributed by atoms with Crippen LogP contribution in [0.3, 0.4) is 0 Å². The van der Waals surface area contributed by atoms with Crippen LogP contribution in [0.15, 0.2) is 17.1 Å². The number of nitrogens with zero attached hydrogens (tertiary/aromatic N) is 2. The predicted molar refractivity (Wildman–Crippen MR) is 132 cm³/mol. The molecule has 31 heavy (non-hydrogen) atoms. The van der Waals surface area contributed by atoms with Crippen molar-refractivity contribution in [1.82, 2.24) is 15.5 Å². The Balaban J connectivity index is 0.00000341. The molecular weight excluding hydrogens is 511 g/mol. The molecule has 1 aromatic carbocycles. The minimum absolute atomic E-state index is 0. The first-order chi connectivity index (χ1) is 14.5. The quantitative estimate of drug-likeness (QED) is 0.324. The van der Waals surface area contributed by atoms with Gasteiger partial charge in [0.2, 0.25) is 0 Å². The first kappa shape index (κ1) is 25.4. The number of carbonyl (C=O) groups is 1. The summed E-state index contributed by atoms with van der Waals surface area (Å²) in [5, 5.41) is 6.82. The number of halogens is 1. The summed E-state index contributed by atoms with van der Waals surface area (Å²) in [6.07, 6.45) is 2.60. The highest BCUT2D eigenvalue weighted by Gasteiger charge is 2.24. The molecule has 2 N–H and O–H groups in total. The van der Waals surface area contributed by atoms with Crippen molar-refractivity contribution in [3.05, 3.63) is 23.3 Å². The topological polar surface area (TPSA) is 84.4 Å². The first-order valence-corrected chi connectivity index (χ1v) is 10.9. The maximum Gasteiger partial charge on any atom is 0.409 e. The van der Waals surface area contributed by atoms with E-state index in [9.17, 15) is 4.79 Å². The number of hydrogen-bond donors (Lipinski definition) is 2. The van der Waals surface area contributed by atoms with E-state index in [0.717, 1.165) is 48.8 Å². The summed E-state index contributed by atoms with van der Waals surface area (Å²) in [6.45, 7) is 8.99. The Morgan fingerprint density at radius 2 is 2.03 bits per heavy atom. The fourth-order valence-electron chi connectivity index (χ4n) is 3.89. The Kier molecular flexibility index (Phi) is 9.98. The third kappa shape index (κ3) is 6.78. The minimum Gasteiger partial charge on any atom is -0.496 e. The zero-order valence-electron chi connectivity index (χ0n) is 18.9. The Morgan fingerprint density at radius 3 is 2.68 bits per heavy atom. The molecule has 3 rings (SSSR count). The maximum absolute atomic E-state index is 11.9. The number of benzene rings is 1. The summed E-state index contributed by atoms with van der Waals surface area (Å²) in [7, 11) is 1.69. The lowest BCUT2D eigenvalue weighted by molar-refractivity contribution is 0.0963. The van der Waals surface area contributed by atoms with Gasteiger partial charge in [-0.1, -0.05) is 0 Å². The zero-order chi connectivity index (χ0) is 21.5. The second-order valence-electron chi connectivity index (χ2n) is 7.70. The van der Waals surface area contributed by atoms with Crippen LogP contribution in [0.5, 0.6) is 11.5 Å². The van der Waals surface area contributed by atoms with Crippen molar-refractivity contribution in [3.63, 3.8) is 0 Å². The third-order valence-electron chi connectivity index (χ3n) is 5.41. The lowest BCUT2D eigenvalue weighted by Crippen LogP contribution is -2.49. The molecule has 0 radical (unpaired) electrons. The molecule has 1 aromatic rings. The Labute approximate surface area is 202 Å². The summed E-state index contributed by atoms with van der Waals surface area (Å²) in [5.41, 5.74) is 2.19. The molecule has 174 valence electrons. The molecule has 0 saturated carbocycles. The molecule has 1 unspecified atom stereocenters. The number of aliphatic imine (C=N–C) groups is 1. The molecule has 0 spiro atoms. The minimum atomic E-state index is -0.225. The fraction of sp³-hybridized carbons (Fsp3) is 0.636. The van der Waals surface area contributed by atoms with Crippen LogP contribution in [0, 0.1) is 0 Å². The van der Waals surface area contributed by atoms with E-state index in [-0.39, 0.29) is 42.2 Å². The molecule has 8 nitrogen and oxygen atoms in total. The van der Waals surface area contributed by atoms with Gasteiger partial charge < -0.3 is 29.7 Å². The van der Waals surface area contributed by atoms with Crippen LogP contribution in [0.1, 0.15) is 44.7 Å². The largest absolute Gasteiger partial charge is 0.496 e.